The minimum atomic E-state index is 0.179. The second-order valence-corrected chi connectivity index (χ2v) is 2.19. The molecule has 0 unspecified atom stereocenters. The van der Waals surface area contributed by atoms with Gasteiger partial charge in [0, 0.05) is 6.08 Å². The molecule has 2 heteroatoms. The summed E-state index contributed by atoms with van der Waals surface area (Å²) in [5, 5.41) is 8.96. The molecule has 0 aliphatic heterocycles. The Morgan fingerprint density at radius 2 is 1.83 bits per heavy atom. The molecule has 0 rings (SSSR count). The number of rotatable bonds is 4. The highest BCUT2D eigenvalue weighted by Crippen LogP contribution is 2.10. The quantitative estimate of drug-likeness (QED) is 0.386. The second-order valence-electron chi connectivity index (χ2n) is 2.19. The average Bonchev–Trinajstić information content (AvgIpc) is 2.04. The second kappa shape index (κ2) is 5.13. The zero-order valence-electron chi connectivity index (χ0n) is 7.25. The van der Waals surface area contributed by atoms with Crippen molar-refractivity contribution in [3.05, 3.63) is 48.4 Å². The summed E-state index contributed by atoms with van der Waals surface area (Å²) in [7, 11) is 0. The van der Waals surface area contributed by atoms with Gasteiger partial charge in [0.1, 0.15) is 0 Å². The fourth-order valence-electron chi connectivity index (χ4n) is 0.711. The summed E-state index contributed by atoms with van der Waals surface area (Å²) in [5.41, 5.74) is 1.32. The first-order chi connectivity index (χ1) is 5.65. The zero-order valence-corrected chi connectivity index (χ0v) is 7.25. The van der Waals surface area contributed by atoms with Gasteiger partial charge in [-0.3, -0.25) is 4.99 Å². The van der Waals surface area contributed by atoms with Crippen LogP contribution in [0.1, 0.15) is 6.92 Å². The zero-order chi connectivity index (χ0) is 9.56. The van der Waals surface area contributed by atoms with E-state index in [9.17, 15) is 0 Å². The molecule has 0 atom stereocenters. The van der Waals surface area contributed by atoms with Crippen LogP contribution in [0.4, 0.5) is 0 Å². The molecule has 0 aliphatic rings. The minimum Gasteiger partial charge on any atom is -0.513 e. The van der Waals surface area contributed by atoms with E-state index in [4.69, 9.17) is 5.11 Å². The lowest BCUT2D eigenvalue weighted by Crippen LogP contribution is -1.81. The van der Waals surface area contributed by atoms with Gasteiger partial charge in [-0.25, -0.2) is 0 Å². The maximum atomic E-state index is 8.96. The fraction of sp³-hybridized carbons (Fsp3) is 0.100. The lowest BCUT2D eigenvalue weighted by Gasteiger charge is -1.98. The molecule has 0 bridgehead atoms. The maximum absolute atomic E-state index is 8.96. The van der Waals surface area contributed by atoms with E-state index in [1.165, 1.54) is 6.08 Å². The van der Waals surface area contributed by atoms with Crippen molar-refractivity contribution in [2.75, 3.05) is 0 Å². The van der Waals surface area contributed by atoms with Gasteiger partial charge >= 0.3 is 0 Å². The third kappa shape index (κ3) is 3.01. The number of allylic oxidation sites excluding steroid dienone is 5. The molecule has 0 heterocycles. The van der Waals surface area contributed by atoms with Crippen LogP contribution < -0.4 is 0 Å². The number of hydrogen-bond acceptors (Lipinski definition) is 2. The van der Waals surface area contributed by atoms with E-state index >= 15 is 0 Å². The molecule has 64 valence electrons. The number of aliphatic hydroxyl groups is 1. The van der Waals surface area contributed by atoms with Crippen LogP contribution in [0.2, 0.25) is 0 Å². The van der Waals surface area contributed by atoms with Crippen molar-refractivity contribution in [1.82, 2.24) is 0 Å². The molecule has 0 saturated heterocycles. The molecule has 1 N–H and O–H groups in total. The standard InChI is InChI=1S/C10H13NO/c1-5-9(6-2)10(11-4)7-8(3)12/h5-7,12H,1-2,4H2,3H3/b8-7+. The van der Waals surface area contributed by atoms with E-state index in [0.717, 1.165) is 5.57 Å². The van der Waals surface area contributed by atoms with Crippen LogP contribution in [0.25, 0.3) is 0 Å². The Bertz CT molecular complexity index is 245. The molecule has 0 fully saturated rings. The third-order valence-electron chi connectivity index (χ3n) is 1.25. The average molecular weight is 163 g/mol. The topological polar surface area (TPSA) is 32.6 Å². The molecular formula is C10H13NO. The Morgan fingerprint density at radius 3 is 2.08 bits per heavy atom. The molecule has 0 aliphatic carbocycles. The van der Waals surface area contributed by atoms with E-state index in [1.807, 2.05) is 0 Å². The van der Waals surface area contributed by atoms with Crippen molar-refractivity contribution in [2.45, 2.75) is 6.92 Å². The van der Waals surface area contributed by atoms with E-state index in [1.54, 1.807) is 19.1 Å². The summed E-state index contributed by atoms with van der Waals surface area (Å²) in [6, 6.07) is 0. The Labute approximate surface area is 73.0 Å². The highest BCUT2D eigenvalue weighted by molar-refractivity contribution is 5.43. The molecule has 0 amide bonds. The van der Waals surface area contributed by atoms with Gasteiger partial charge in [-0.1, -0.05) is 25.3 Å². The Kier molecular flexibility index (Phi) is 4.46. The predicted molar refractivity (Wildman–Crippen MR) is 53.4 cm³/mol. The SMILES string of the molecule is C=CC(C=C)=C(/C=C(\C)O)N=C. The summed E-state index contributed by atoms with van der Waals surface area (Å²) in [5.74, 6) is 0.179. The van der Waals surface area contributed by atoms with Gasteiger partial charge in [-0.2, -0.15) is 0 Å². The molecule has 0 aromatic carbocycles. The molecule has 0 radical (unpaired) electrons. The van der Waals surface area contributed by atoms with Crippen LogP contribution in [0.5, 0.6) is 0 Å². The number of aliphatic imine (C=N–C) groups is 1. The summed E-state index contributed by atoms with van der Waals surface area (Å²) >= 11 is 0. The molecule has 2 nitrogen and oxygen atoms in total. The monoisotopic (exact) mass is 163 g/mol. The molecule has 0 aromatic heterocycles. The predicted octanol–water partition coefficient (Wildman–Crippen LogP) is 2.77. The van der Waals surface area contributed by atoms with E-state index in [2.05, 4.69) is 24.9 Å². The summed E-state index contributed by atoms with van der Waals surface area (Å²) in [4.78, 5) is 3.72. The lowest BCUT2D eigenvalue weighted by atomic mass is 10.2. The van der Waals surface area contributed by atoms with Gasteiger partial charge in [0.2, 0.25) is 0 Å². The van der Waals surface area contributed by atoms with Gasteiger partial charge in [0.15, 0.2) is 0 Å². The van der Waals surface area contributed by atoms with Crippen molar-refractivity contribution in [1.29, 1.82) is 0 Å². The van der Waals surface area contributed by atoms with Crippen LogP contribution in [0.3, 0.4) is 0 Å². The first-order valence-electron chi connectivity index (χ1n) is 3.48. The van der Waals surface area contributed by atoms with Gasteiger partial charge in [0.05, 0.1) is 11.5 Å². The van der Waals surface area contributed by atoms with Gasteiger partial charge < -0.3 is 5.11 Å². The highest BCUT2D eigenvalue weighted by Gasteiger charge is 1.94. The smallest absolute Gasteiger partial charge is 0.0913 e. The molecule has 0 saturated carbocycles. The molecular weight excluding hydrogens is 150 g/mol. The van der Waals surface area contributed by atoms with Crippen molar-refractivity contribution in [3.8, 4) is 0 Å². The lowest BCUT2D eigenvalue weighted by molar-refractivity contribution is 0.414. The molecule has 0 spiro atoms. The third-order valence-corrected chi connectivity index (χ3v) is 1.25. The van der Waals surface area contributed by atoms with E-state index in [-0.39, 0.29) is 5.76 Å². The minimum absolute atomic E-state index is 0.179. The van der Waals surface area contributed by atoms with E-state index < -0.39 is 0 Å². The van der Waals surface area contributed by atoms with Crippen molar-refractivity contribution in [2.24, 2.45) is 4.99 Å². The summed E-state index contributed by atoms with van der Waals surface area (Å²) < 4.78 is 0. The van der Waals surface area contributed by atoms with Crippen LogP contribution in [-0.2, 0) is 0 Å². The normalized spacial score (nSPS) is 10.2. The van der Waals surface area contributed by atoms with Crippen molar-refractivity contribution >= 4 is 6.72 Å². The number of hydrogen-bond donors (Lipinski definition) is 1. The largest absolute Gasteiger partial charge is 0.513 e. The van der Waals surface area contributed by atoms with Crippen LogP contribution in [0.15, 0.2) is 53.4 Å². The Morgan fingerprint density at radius 1 is 1.33 bits per heavy atom. The molecule has 12 heavy (non-hydrogen) atoms. The van der Waals surface area contributed by atoms with Crippen LogP contribution in [-0.4, -0.2) is 11.8 Å². The van der Waals surface area contributed by atoms with Gasteiger partial charge in [0.25, 0.3) is 0 Å². The Hall–Kier alpha value is -1.57. The van der Waals surface area contributed by atoms with Gasteiger partial charge in [-0.05, 0) is 19.2 Å². The van der Waals surface area contributed by atoms with Crippen molar-refractivity contribution < 1.29 is 5.11 Å². The van der Waals surface area contributed by atoms with Crippen LogP contribution in [0, 0.1) is 0 Å². The first-order valence-corrected chi connectivity index (χ1v) is 3.48. The van der Waals surface area contributed by atoms with Crippen LogP contribution >= 0.6 is 0 Å². The number of aliphatic hydroxyl groups excluding tert-OH is 1. The molecule has 0 aromatic rings. The fourth-order valence-corrected chi connectivity index (χ4v) is 0.711. The highest BCUT2D eigenvalue weighted by atomic mass is 16.3. The Balaban J connectivity index is 5.08. The first kappa shape index (κ1) is 10.4. The summed E-state index contributed by atoms with van der Waals surface area (Å²) in [6.45, 7) is 12.1. The summed E-state index contributed by atoms with van der Waals surface area (Å²) in [6.07, 6.45) is 4.72. The van der Waals surface area contributed by atoms with E-state index in [0.29, 0.717) is 5.70 Å². The number of nitrogens with zero attached hydrogens (tertiary/aromatic N) is 1. The maximum Gasteiger partial charge on any atom is 0.0913 e. The van der Waals surface area contributed by atoms with Crippen molar-refractivity contribution in [3.63, 3.8) is 0 Å². The van der Waals surface area contributed by atoms with Gasteiger partial charge in [-0.15, -0.1) is 0 Å².